The van der Waals surface area contributed by atoms with Crippen molar-refractivity contribution >= 4 is 0 Å². The Morgan fingerprint density at radius 3 is 2.55 bits per heavy atom. The van der Waals surface area contributed by atoms with Crippen LogP contribution < -0.4 is 0 Å². The van der Waals surface area contributed by atoms with Gasteiger partial charge >= 0.3 is 0 Å². The molecule has 0 radical (unpaired) electrons. The number of aliphatic hydroxyl groups excluding tert-OH is 1. The first-order chi connectivity index (χ1) is 14.7. The zero-order valence-corrected chi connectivity index (χ0v) is 20.7. The van der Waals surface area contributed by atoms with E-state index in [1.165, 1.54) is 38.5 Å². The van der Waals surface area contributed by atoms with Crippen LogP contribution in [0.3, 0.4) is 0 Å². The van der Waals surface area contributed by atoms with Crippen molar-refractivity contribution < 1.29 is 9.50 Å². The fourth-order valence-electron chi connectivity index (χ4n) is 8.78. The van der Waals surface area contributed by atoms with Crippen LogP contribution >= 0.6 is 0 Å². The van der Waals surface area contributed by atoms with Crippen LogP contribution in [0.25, 0.3) is 0 Å². The molecular formula is C29H47FO. The lowest BCUT2D eigenvalue weighted by molar-refractivity contribution is -0.0540. The summed E-state index contributed by atoms with van der Waals surface area (Å²) in [7, 11) is 0. The van der Waals surface area contributed by atoms with Crippen LogP contribution in [0, 0.1) is 52.3 Å². The molecule has 3 fully saturated rings. The molecule has 0 unspecified atom stereocenters. The van der Waals surface area contributed by atoms with E-state index in [4.69, 9.17) is 0 Å². The number of aliphatic hydroxyl groups is 1. The zero-order chi connectivity index (χ0) is 22.4. The quantitative estimate of drug-likeness (QED) is 0.427. The molecule has 0 aromatic carbocycles. The Kier molecular flexibility index (Phi) is 6.80. The topological polar surface area (TPSA) is 20.2 Å². The molecule has 0 aromatic heterocycles. The minimum Gasteiger partial charge on any atom is -0.393 e. The molecule has 4 aliphatic rings. The third-order valence-corrected chi connectivity index (χ3v) is 10.7. The number of allylic oxidation sites excluding steroid dienone is 3. The second kappa shape index (κ2) is 8.96. The van der Waals surface area contributed by atoms with Crippen LogP contribution in [0.4, 0.5) is 4.39 Å². The summed E-state index contributed by atoms with van der Waals surface area (Å²) in [4.78, 5) is 0. The van der Waals surface area contributed by atoms with Gasteiger partial charge in [-0.1, -0.05) is 58.4 Å². The summed E-state index contributed by atoms with van der Waals surface area (Å²) in [6.45, 7) is 11.8. The lowest BCUT2D eigenvalue weighted by atomic mass is 9.47. The smallest absolute Gasteiger partial charge is 0.0900 e. The highest BCUT2D eigenvalue weighted by molar-refractivity contribution is 5.25. The zero-order valence-electron chi connectivity index (χ0n) is 20.7. The highest BCUT2D eigenvalue weighted by atomic mass is 19.1. The Bertz CT molecular complexity index is 695. The predicted octanol–water partition coefficient (Wildman–Crippen LogP) is 7.75. The van der Waals surface area contributed by atoms with Gasteiger partial charge in [-0.3, -0.25) is 4.39 Å². The monoisotopic (exact) mass is 430 g/mol. The van der Waals surface area contributed by atoms with Crippen LogP contribution in [0.2, 0.25) is 0 Å². The Morgan fingerprint density at radius 2 is 1.84 bits per heavy atom. The van der Waals surface area contributed by atoms with Gasteiger partial charge in [0.1, 0.15) is 0 Å². The van der Waals surface area contributed by atoms with Gasteiger partial charge in [0.2, 0.25) is 0 Å². The van der Waals surface area contributed by atoms with Gasteiger partial charge in [-0.25, -0.2) is 0 Å². The van der Waals surface area contributed by atoms with Gasteiger partial charge in [0.05, 0.1) is 12.8 Å². The minimum absolute atomic E-state index is 0.111. The van der Waals surface area contributed by atoms with Gasteiger partial charge in [0.25, 0.3) is 0 Å². The Hall–Kier alpha value is -0.630. The van der Waals surface area contributed by atoms with E-state index in [2.05, 4.69) is 52.8 Å². The molecular weight excluding hydrogens is 383 g/mol. The summed E-state index contributed by atoms with van der Waals surface area (Å²) in [5, 5.41) is 10.2. The Balaban J connectivity index is 1.50. The lowest BCUT2D eigenvalue weighted by Gasteiger charge is -2.58. The standard InChI is InChI=1S/C29H47FO/c1-19(2)21(14-17-30)7-6-20(3)25-10-11-26-24-9-8-22-18-23(31)12-15-28(22,4)27(24)13-16-29(25,26)5/h6-8,19-21,23-27,31H,9-18H2,1-5H3/b7-6+/t20-,21+,23+,24+,25-,26+,27+,28+,29-/m1/s1. The van der Waals surface area contributed by atoms with Gasteiger partial charge in [-0.2, -0.15) is 0 Å². The van der Waals surface area contributed by atoms with Crippen molar-refractivity contribution in [3.8, 4) is 0 Å². The summed E-state index contributed by atoms with van der Waals surface area (Å²) in [6, 6.07) is 0. The molecule has 1 nitrogen and oxygen atoms in total. The van der Waals surface area contributed by atoms with E-state index >= 15 is 0 Å². The average Bonchev–Trinajstić information content (AvgIpc) is 3.08. The molecule has 3 saturated carbocycles. The maximum Gasteiger partial charge on any atom is 0.0900 e. The molecule has 0 bridgehead atoms. The summed E-state index contributed by atoms with van der Waals surface area (Å²) < 4.78 is 13.0. The van der Waals surface area contributed by atoms with E-state index < -0.39 is 0 Å². The third-order valence-electron chi connectivity index (χ3n) is 10.7. The highest BCUT2D eigenvalue weighted by Gasteiger charge is 2.58. The van der Waals surface area contributed by atoms with Crippen molar-refractivity contribution in [2.45, 2.75) is 98.5 Å². The Labute approximate surface area is 191 Å². The SMILES string of the molecule is CC(C)[C@@H](/C=C/[C@@H](C)[C@H]1CC[C@H]2[C@@H]3CC=C4C[C@@H](O)CC[C@]4(C)[C@H]3CC[C@]12C)CCF. The molecule has 0 aliphatic heterocycles. The van der Waals surface area contributed by atoms with Crippen molar-refractivity contribution in [3.63, 3.8) is 0 Å². The molecule has 4 aliphatic carbocycles. The second-order valence-electron chi connectivity index (χ2n) is 12.5. The maximum atomic E-state index is 13.0. The number of alkyl halides is 1. The molecule has 0 amide bonds. The molecule has 0 aromatic rings. The van der Waals surface area contributed by atoms with E-state index in [9.17, 15) is 9.50 Å². The molecule has 0 saturated heterocycles. The number of hydrogen-bond donors (Lipinski definition) is 1. The van der Waals surface area contributed by atoms with Gasteiger partial charge < -0.3 is 5.11 Å². The first kappa shape index (κ1) is 23.5. The first-order valence-corrected chi connectivity index (χ1v) is 13.3. The fourth-order valence-corrected chi connectivity index (χ4v) is 8.78. The highest BCUT2D eigenvalue weighted by Crippen LogP contribution is 2.67. The summed E-state index contributed by atoms with van der Waals surface area (Å²) in [5.74, 6) is 4.73. The minimum atomic E-state index is -0.209. The van der Waals surface area contributed by atoms with Gasteiger partial charge in [0, 0.05) is 0 Å². The van der Waals surface area contributed by atoms with E-state index in [0.717, 1.165) is 36.5 Å². The lowest BCUT2D eigenvalue weighted by Crippen LogP contribution is -2.50. The molecule has 4 rings (SSSR count). The molecule has 9 atom stereocenters. The van der Waals surface area contributed by atoms with Crippen molar-refractivity contribution in [1.82, 2.24) is 0 Å². The number of halogens is 1. The van der Waals surface area contributed by atoms with E-state index in [-0.39, 0.29) is 12.8 Å². The summed E-state index contributed by atoms with van der Waals surface area (Å²) in [5.41, 5.74) is 2.37. The number of fused-ring (bicyclic) bond motifs is 5. The van der Waals surface area contributed by atoms with Crippen LogP contribution in [0.1, 0.15) is 92.4 Å². The van der Waals surface area contributed by atoms with Crippen LogP contribution in [-0.4, -0.2) is 17.9 Å². The second-order valence-corrected chi connectivity index (χ2v) is 12.5. The molecule has 2 heteroatoms. The normalized spacial score (nSPS) is 44.5. The number of hydrogen-bond acceptors (Lipinski definition) is 1. The van der Waals surface area contributed by atoms with E-state index in [1.807, 2.05) is 0 Å². The van der Waals surface area contributed by atoms with Crippen LogP contribution in [0.5, 0.6) is 0 Å². The van der Waals surface area contributed by atoms with Gasteiger partial charge in [-0.15, -0.1) is 0 Å². The third kappa shape index (κ3) is 4.09. The van der Waals surface area contributed by atoms with Crippen LogP contribution in [-0.2, 0) is 0 Å². The van der Waals surface area contributed by atoms with Crippen LogP contribution in [0.15, 0.2) is 23.8 Å². The summed E-state index contributed by atoms with van der Waals surface area (Å²) >= 11 is 0. The Morgan fingerprint density at radius 1 is 1.06 bits per heavy atom. The van der Waals surface area contributed by atoms with E-state index in [0.29, 0.717) is 35.0 Å². The molecule has 31 heavy (non-hydrogen) atoms. The fraction of sp³-hybridized carbons (Fsp3) is 0.862. The van der Waals surface area contributed by atoms with Gasteiger partial charge in [-0.05, 0) is 110 Å². The molecule has 0 spiro atoms. The maximum absolute atomic E-state index is 13.0. The average molecular weight is 431 g/mol. The van der Waals surface area contributed by atoms with Crippen molar-refractivity contribution in [2.75, 3.05) is 6.67 Å². The molecule has 1 N–H and O–H groups in total. The van der Waals surface area contributed by atoms with E-state index in [1.54, 1.807) is 5.57 Å². The largest absolute Gasteiger partial charge is 0.393 e. The first-order valence-electron chi connectivity index (χ1n) is 13.3. The van der Waals surface area contributed by atoms with Crippen molar-refractivity contribution in [3.05, 3.63) is 23.8 Å². The van der Waals surface area contributed by atoms with Crippen molar-refractivity contribution in [1.29, 1.82) is 0 Å². The van der Waals surface area contributed by atoms with Gasteiger partial charge in [0.15, 0.2) is 0 Å². The summed E-state index contributed by atoms with van der Waals surface area (Å²) in [6.07, 6.45) is 17.7. The number of rotatable bonds is 6. The predicted molar refractivity (Wildman–Crippen MR) is 128 cm³/mol. The molecule has 176 valence electrons. The van der Waals surface area contributed by atoms with Crippen molar-refractivity contribution in [2.24, 2.45) is 52.3 Å². The molecule has 0 heterocycles.